The van der Waals surface area contributed by atoms with Crippen molar-refractivity contribution >= 4 is 0 Å². The predicted molar refractivity (Wildman–Crippen MR) is 49.5 cm³/mol. The van der Waals surface area contributed by atoms with Crippen molar-refractivity contribution in [3.63, 3.8) is 0 Å². The Morgan fingerprint density at radius 1 is 1.42 bits per heavy atom. The fourth-order valence-corrected chi connectivity index (χ4v) is 1.21. The molecule has 0 bridgehead atoms. The molecule has 70 valence electrons. The van der Waals surface area contributed by atoms with Crippen molar-refractivity contribution in [2.75, 3.05) is 0 Å². The van der Waals surface area contributed by atoms with E-state index in [1.54, 1.807) is 0 Å². The van der Waals surface area contributed by atoms with Crippen molar-refractivity contribution in [1.82, 2.24) is 0 Å². The fraction of sp³-hybridized carbons (Fsp3) is 0.900. The second kappa shape index (κ2) is 4.47. The number of nitriles is 1. The maximum atomic E-state index is 9.75. The van der Waals surface area contributed by atoms with Gasteiger partial charge in [0, 0.05) is 0 Å². The average molecular weight is 169 g/mol. The molecule has 0 spiro atoms. The number of aliphatic hydroxyl groups is 1. The van der Waals surface area contributed by atoms with E-state index in [4.69, 9.17) is 5.26 Å². The quantitative estimate of drug-likeness (QED) is 0.704. The van der Waals surface area contributed by atoms with Gasteiger partial charge in [-0.05, 0) is 11.8 Å². The predicted octanol–water partition coefficient (Wildman–Crippen LogP) is 2.33. The zero-order valence-electron chi connectivity index (χ0n) is 8.46. The molecule has 0 saturated heterocycles. The lowest BCUT2D eigenvalue weighted by Crippen LogP contribution is -2.33. The number of nitrogens with zero attached hydrogens (tertiary/aromatic N) is 1. The van der Waals surface area contributed by atoms with Gasteiger partial charge in [-0.3, -0.25) is 0 Å². The summed E-state index contributed by atoms with van der Waals surface area (Å²) in [6, 6.07) is 2.16. The Kier molecular flexibility index (Phi) is 4.26. The first-order valence-corrected chi connectivity index (χ1v) is 4.51. The zero-order valence-corrected chi connectivity index (χ0v) is 8.46. The van der Waals surface area contributed by atoms with Crippen LogP contribution in [0.4, 0.5) is 0 Å². The van der Waals surface area contributed by atoms with Crippen LogP contribution in [0.5, 0.6) is 0 Å². The highest BCUT2D eigenvalue weighted by Gasteiger charge is 2.29. The van der Waals surface area contributed by atoms with Gasteiger partial charge < -0.3 is 5.11 Å². The van der Waals surface area contributed by atoms with Gasteiger partial charge in [0.15, 0.2) is 0 Å². The summed E-state index contributed by atoms with van der Waals surface area (Å²) in [5, 5.41) is 18.5. The molecule has 0 saturated carbocycles. The third-order valence-corrected chi connectivity index (χ3v) is 2.03. The molecule has 2 atom stereocenters. The second-order valence-corrected chi connectivity index (χ2v) is 4.34. The molecule has 2 nitrogen and oxygen atoms in total. The topological polar surface area (TPSA) is 44.0 Å². The molecule has 0 aromatic rings. The average Bonchev–Trinajstić information content (AvgIpc) is 1.97. The zero-order chi connectivity index (χ0) is 9.78. The van der Waals surface area contributed by atoms with Crippen LogP contribution in [0.2, 0.25) is 0 Å². The first-order chi connectivity index (χ1) is 5.43. The van der Waals surface area contributed by atoms with E-state index in [9.17, 15) is 5.11 Å². The number of hydrogen-bond acceptors (Lipinski definition) is 2. The third kappa shape index (κ3) is 3.23. The van der Waals surface area contributed by atoms with E-state index in [1.165, 1.54) is 0 Å². The molecule has 0 radical (unpaired) electrons. The van der Waals surface area contributed by atoms with Crippen molar-refractivity contribution < 1.29 is 5.11 Å². The van der Waals surface area contributed by atoms with E-state index in [0.717, 1.165) is 12.8 Å². The fourth-order valence-electron chi connectivity index (χ4n) is 1.21. The Labute approximate surface area is 75.2 Å². The van der Waals surface area contributed by atoms with E-state index < -0.39 is 6.10 Å². The lowest BCUT2D eigenvalue weighted by atomic mass is 9.80. The minimum Gasteiger partial charge on any atom is -0.391 e. The molecule has 0 aliphatic heterocycles. The number of rotatable bonds is 3. The molecule has 0 rings (SSSR count). The minimum atomic E-state index is -0.512. The summed E-state index contributed by atoms with van der Waals surface area (Å²) in [5.41, 5.74) is -0.185. The summed E-state index contributed by atoms with van der Waals surface area (Å²) in [6.45, 7) is 7.90. The molecule has 0 aromatic heterocycles. The molecule has 0 heterocycles. The van der Waals surface area contributed by atoms with Gasteiger partial charge in [0.05, 0.1) is 18.1 Å². The lowest BCUT2D eigenvalue weighted by Gasteiger charge is -2.29. The molecule has 12 heavy (non-hydrogen) atoms. The summed E-state index contributed by atoms with van der Waals surface area (Å²) in [4.78, 5) is 0. The van der Waals surface area contributed by atoms with Crippen LogP contribution >= 0.6 is 0 Å². The molecule has 0 aliphatic carbocycles. The van der Waals surface area contributed by atoms with Crippen LogP contribution in [0.1, 0.15) is 40.5 Å². The van der Waals surface area contributed by atoms with Gasteiger partial charge in [-0.15, -0.1) is 0 Å². The Bertz CT molecular complexity index is 164. The molecule has 0 amide bonds. The van der Waals surface area contributed by atoms with Gasteiger partial charge in [0.1, 0.15) is 0 Å². The van der Waals surface area contributed by atoms with Gasteiger partial charge in [0.25, 0.3) is 0 Å². The van der Waals surface area contributed by atoms with Crippen LogP contribution in [-0.2, 0) is 0 Å². The first-order valence-electron chi connectivity index (χ1n) is 4.51. The monoisotopic (exact) mass is 169 g/mol. The van der Waals surface area contributed by atoms with Crippen molar-refractivity contribution in [3.05, 3.63) is 0 Å². The number of hydrogen-bond donors (Lipinski definition) is 1. The van der Waals surface area contributed by atoms with E-state index in [1.807, 2.05) is 27.7 Å². The molecule has 0 aliphatic rings. The Morgan fingerprint density at radius 2 is 1.92 bits per heavy atom. The van der Waals surface area contributed by atoms with E-state index in [2.05, 4.69) is 6.07 Å². The maximum absolute atomic E-state index is 9.75. The maximum Gasteiger partial charge on any atom is 0.0746 e. The van der Waals surface area contributed by atoms with Crippen molar-refractivity contribution in [2.24, 2.45) is 11.3 Å². The molecular weight excluding hydrogens is 150 g/mol. The molecule has 2 heteroatoms. The van der Waals surface area contributed by atoms with Crippen LogP contribution in [0.25, 0.3) is 0 Å². The molecular formula is C10H19NO. The molecule has 1 N–H and O–H groups in total. The van der Waals surface area contributed by atoms with Crippen LogP contribution < -0.4 is 0 Å². The van der Waals surface area contributed by atoms with Crippen molar-refractivity contribution in [1.29, 1.82) is 5.26 Å². The minimum absolute atomic E-state index is 0.185. The summed E-state index contributed by atoms with van der Waals surface area (Å²) in [6.07, 6.45) is 1.22. The molecule has 2 unspecified atom stereocenters. The number of aliphatic hydroxyl groups excluding tert-OH is 1. The molecule has 0 aromatic carbocycles. The van der Waals surface area contributed by atoms with Gasteiger partial charge in [-0.1, -0.05) is 34.1 Å². The highest BCUT2D eigenvalue weighted by molar-refractivity contribution is 4.92. The van der Waals surface area contributed by atoms with E-state index in [-0.39, 0.29) is 11.3 Å². The Morgan fingerprint density at radius 3 is 2.17 bits per heavy atom. The smallest absolute Gasteiger partial charge is 0.0746 e. The van der Waals surface area contributed by atoms with Crippen molar-refractivity contribution in [2.45, 2.75) is 46.6 Å². The van der Waals surface area contributed by atoms with Gasteiger partial charge in [-0.2, -0.15) is 5.26 Å². The van der Waals surface area contributed by atoms with E-state index >= 15 is 0 Å². The molecule has 0 fully saturated rings. The van der Waals surface area contributed by atoms with E-state index in [0.29, 0.717) is 0 Å². The third-order valence-electron chi connectivity index (χ3n) is 2.03. The highest BCUT2D eigenvalue weighted by Crippen LogP contribution is 2.27. The first kappa shape index (κ1) is 11.4. The lowest BCUT2D eigenvalue weighted by molar-refractivity contribution is 0.0276. The van der Waals surface area contributed by atoms with Crippen LogP contribution in [0, 0.1) is 22.7 Å². The van der Waals surface area contributed by atoms with Crippen molar-refractivity contribution in [3.8, 4) is 6.07 Å². The van der Waals surface area contributed by atoms with Gasteiger partial charge >= 0.3 is 0 Å². The Balaban J connectivity index is 4.24. The summed E-state index contributed by atoms with van der Waals surface area (Å²) < 4.78 is 0. The van der Waals surface area contributed by atoms with Crippen LogP contribution in [0.15, 0.2) is 0 Å². The SMILES string of the molecule is CCCC(C#N)C(O)C(C)(C)C. The standard InChI is InChI=1S/C10H19NO/c1-5-6-8(7-11)9(12)10(2,3)4/h8-9,12H,5-6H2,1-4H3. The largest absolute Gasteiger partial charge is 0.391 e. The normalized spacial score (nSPS) is 16.7. The second-order valence-electron chi connectivity index (χ2n) is 4.34. The van der Waals surface area contributed by atoms with Crippen LogP contribution in [0.3, 0.4) is 0 Å². The Hall–Kier alpha value is -0.550. The van der Waals surface area contributed by atoms with Gasteiger partial charge in [-0.25, -0.2) is 0 Å². The summed E-state index contributed by atoms with van der Waals surface area (Å²) in [5.74, 6) is -0.213. The van der Waals surface area contributed by atoms with Crippen LogP contribution in [-0.4, -0.2) is 11.2 Å². The summed E-state index contributed by atoms with van der Waals surface area (Å²) in [7, 11) is 0. The van der Waals surface area contributed by atoms with Gasteiger partial charge in [0.2, 0.25) is 0 Å². The highest BCUT2D eigenvalue weighted by atomic mass is 16.3. The summed E-state index contributed by atoms with van der Waals surface area (Å²) >= 11 is 0.